The molecular formula is C9H16N2O2. The molecule has 1 atom stereocenters. The molecule has 4 nitrogen and oxygen atoms in total. The fourth-order valence-corrected chi connectivity index (χ4v) is 1.43. The van der Waals surface area contributed by atoms with E-state index >= 15 is 0 Å². The molecule has 1 unspecified atom stereocenters. The SMILES string of the molecule is Cc1nc(C)c(C(C)(O)CCN)o1. The van der Waals surface area contributed by atoms with Gasteiger partial charge in [0.2, 0.25) is 0 Å². The first-order chi connectivity index (χ1) is 5.97. The Kier molecular flexibility index (Phi) is 2.73. The summed E-state index contributed by atoms with van der Waals surface area (Å²) in [7, 11) is 0. The number of nitrogens with zero attached hydrogens (tertiary/aromatic N) is 1. The van der Waals surface area contributed by atoms with E-state index in [1.54, 1.807) is 13.8 Å². The number of aryl methyl sites for hydroxylation is 2. The van der Waals surface area contributed by atoms with E-state index in [1.165, 1.54) is 0 Å². The van der Waals surface area contributed by atoms with Gasteiger partial charge in [0.15, 0.2) is 11.7 Å². The van der Waals surface area contributed by atoms with E-state index in [2.05, 4.69) is 4.98 Å². The third-order valence-electron chi connectivity index (χ3n) is 2.02. The average Bonchev–Trinajstić information content (AvgIpc) is 2.30. The van der Waals surface area contributed by atoms with Crippen LogP contribution in [0.25, 0.3) is 0 Å². The molecule has 74 valence electrons. The molecule has 3 N–H and O–H groups in total. The van der Waals surface area contributed by atoms with Gasteiger partial charge >= 0.3 is 0 Å². The van der Waals surface area contributed by atoms with Crippen LogP contribution in [0.2, 0.25) is 0 Å². The smallest absolute Gasteiger partial charge is 0.191 e. The summed E-state index contributed by atoms with van der Waals surface area (Å²) in [5.74, 6) is 1.10. The number of aromatic nitrogens is 1. The molecule has 1 aromatic rings. The zero-order valence-electron chi connectivity index (χ0n) is 8.29. The molecule has 0 saturated heterocycles. The Labute approximate surface area is 77.8 Å². The average molecular weight is 184 g/mol. The van der Waals surface area contributed by atoms with Crippen LogP contribution in [0.4, 0.5) is 0 Å². The van der Waals surface area contributed by atoms with Gasteiger partial charge in [0.25, 0.3) is 0 Å². The number of aliphatic hydroxyl groups is 1. The molecule has 0 aliphatic rings. The summed E-state index contributed by atoms with van der Waals surface area (Å²) in [5, 5.41) is 9.97. The van der Waals surface area contributed by atoms with Gasteiger partial charge in [0.1, 0.15) is 5.60 Å². The van der Waals surface area contributed by atoms with E-state index in [1.807, 2.05) is 6.92 Å². The molecule has 0 saturated carbocycles. The van der Waals surface area contributed by atoms with Crippen LogP contribution in [0.5, 0.6) is 0 Å². The molecule has 0 amide bonds. The molecule has 0 aliphatic carbocycles. The van der Waals surface area contributed by atoms with Gasteiger partial charge in [-0.2, -0.15) is 0 Å². The molecule has 0 bridgehead atoms. The molecule has 1 aromatic heterocycles. The maximum atomic E-state index is 9.97. The molecule has 4 heteroatoms. The van der Waals surface area contributed by atoms with Gasteiger partial charge in [-0.05, 0) is 26.8 Å². The fraction of sp³-hybridized carbons (Fsp3) is 0.667. The topological polar surface area (TPSA) is 72.3 Å². The summed E-state index contributed by atoms with van der Waals surface area (Å²) in [5.41, 5.74) is 5.12. The van der Waals surface area contributed by atoms with Crippen molar-refractivity contribution in [3.63, 3.8) is 0 Å². The first-order valence-corrected chi connectivity index (χ1v) is 4.34. The number of hydrogen-bond acceptors (Lipinski definition) is 4. The Balaban J connectivity index is 2.98. The Bertz CT molecular complexity index is 292. The van der Waals surface area contributed by atoms with Crippen LogP contribution in [0.1, 0.15) is 30.7 Å². The highest BCUT2D eigenvalue weighted by Crippen LogP contribution is 2.27. The standard InChI is InChI=1S/C9H16N2O2/c1-6-8(13-7(2)11-6)9(3,12)4-5-10/h12H,4-5,10H2,1-3H3. The first-order valence-electron chi connectivity index (χ1n) is 4.34. The Hall–Kier alpha value is -0.870. The number of rotatable bonds is 3. The third kappa shape index (κ3) is 2.08. The van der Waals surface area contributed by atoms with Gasteiger partial charge in [-0.1, -0.05) is 0 Å². The lowest BCUT2D eigenvalue weighted by Gasteiger charge is -2.19. The summed E-state index contributed by atoms with van der Waals surface area (Å²) in [6, 6.07) is 0. The number of oxazole rings is 1. The fourth-order valence-electron chi connectivity index (χ4n) is 1.43. The monoisotopic (exact) mass is 184 g/mol. The van der Waals surface area contributed by atoms with E-state index in [0.717, 1.165) is 5.69 Å². The minimum absolute atomic E-state index is 0.423. The van der Waals surface area contributed by atoms with Crippen molar-refractivity contribution >= 4 is 0 Å². The normalized spacial score (nSPS) is 15.8. The zero-order chi connectivity index (χ0) is 10.1. The lowest BCUT2D eigenvalue weighted by atomic mass is 9.98. The second-order valence-electron chi connectivity index (χ2n) is 3.46. The van der Waals surface area contributed by atoms with Crippen LogP contribution in [0.3, 0.4) is 0 Å². The summed E-state index contributed by atoms with van der Waals surface area (Å²) in [6.07, 6.45) is 0.475. The second-order valence-corrected chi connectivity index (χ2v) is 3.46. The molecule has 1 rings (SSSR count). The van der Waals surface area contributed by atoms with Crippen LogP contribution < -0.4 is 5.73 Å². The molecular weight excluding hydrogens is 168 g/mol. The van der Waals surface area contributed by atoms with Crippen LogP contribution in [-0.2, 0) is 5.60 Å². The highest BCUT2D eigenvalue weighted by Gasteiger charge is 2.28. The quantitative estimate of drug-likeness (QED) is 0.730. The molecule has 0 aromatic carbocycles. The summed E-state index contributed by atoms with van der Waals surface area (Å²) in [4.78, 5) is 4.09. The van der Waals surface area contributed by atoms with E-state index in [-0.39, 0.29) is 0 Å². The van der Waals surface area contributed by atoms with Crippen LogP contribution in [-0.4, -0.2) is 16.6 Å². The van der Waals surface area contributed by atoms with Gasteiger partial charge in [-0.15, -0.1) is 0 Å². The van der Waals surface area contributed by atoms with Crippen LogP contribution >= 0.6 is 0 Å². The zero-order valence-corrected chi connectivity index (χ0v) is 8.29. The van der Waals surface area contributed by atoms with Crippen molar-refractivity contribution in [1.82, 2.24) is 4.98 Å². The van der Waals surface area contributed by atoms with Crippen molar-refractivity contribution in [3.8, 4) is 0 Å². The number of hydrogen-bond donors (Lipinski definition) is 2. The maximum Gasteiger partial charge on any atom is 0.191 e. The number of nitrogens with two attached hydrogens (primary N) is 1. The predicted molar refractivity (Wildman–Crippen MR) is 49.2 cm³/mol. The minimum Gasteiger partial charge on any atom is -0.443 e. The second kappa shape index (κ2) is 3.47. The summed E-state index contributed by atoms with van der Waals surface area (Å²) >= 11 is 0. The van der Waals surface area contributed by atoms with Crippen molar-refractivity contribution in [2.24, 2.45) is 5.73 Å². The van der Waals surface area contributed by atoms with Crippen molar-refractivity contribution in [2.75, 3.05) is 6.54 Å². The summed E-state index contributed by atoms with van der Waals surface area (Å²) < 4.78 is 5.31. The van der Waals surface area contributed by atoms with Gasteiger partial charge in [-0.25, -0.2) is 4.98 Å². The Morgan fingerprint density at radius 1 is 1.54 bits per heavy atom. The van der Waals surface area contributed by atoms with Crippen molar-refractivity contribution < 1.29 is 9.52 Å². The third-order valence-corrected chi connectivity index (χ3v) is 2.02. The molecule has 0 aliphatic heterocycles. The van der Waals surface area contributed by atoms with Crippen molar-refractivity contribution in [1.29, 1.82) is 0 Å². The highest BCUT2D eigenvalue weighted by molar-refractivity contribution is 5.14. The van der Waals surface area contributed by atoms with Gasteiger partial charge in [-0.3, -0.25) is 0 Å². The Morgan fingerprint density at radius 2 is 2.15 bits per heavy atom. The van der Waals surface area contributed by atoms with Crippen molar-refractivity contribution in [3.05, 3.63) is 17.3 Å². The van der Waals surface area contributed by atoms with Gasteiger partial charge in [0.05, 0.1) is 5.69 Å². The Morgan fingerprint density at radius 3 is 2.54 bits per heavy atom. The molecule has 0 radical (unpaired) electrons. The molecule has 1 heterocycles. The molecule has 0 spiro atoms. The van der Waals surface area contributed by atoms with Crippen molar-refractivity contribution in [2.45, 2.75) is 32.8 Å². The van der Waals surface area contributed by atoms with Crippen LogP contribution in [0, 0.1) is 13.8 Å². The van der Waals surface area contributed by atoms with Gasteiger partial charge in [0, 0.05) is 6.92 Å². The lowest BCUT2D eigenvalue weighted by molar-refractivity contribution is 0.0263. The van der Waals surface area contributed by atoms with E-state index in [4.69, 9.17) is 10.2 Å². The van der Waals surface area contributed by atoms with E-state index in [9.17, 15) is 5.11 Å². The maximum absolute atomic E-state index is 9.97. The molecule has 0 fully saturated rings. The van der Waals surface area contributed by atoms with Gasteiger partial charge < -0.3 is 15.3 Å². The summed E-state index contributed by atoms with van der Waals surface area (Å²) in [6.45, 7) is 5.69. The first kappa shape index (κ1) is 10.2. The van der Waals surface area contributed by atoms with E-state index < -0.39 is 5.60 Å². The largest absolute Gasteiger partial charge is 0.443 e. The van der Waals surface area contributed by atoms with E-state index in [0.29, 0.717) is 24.6 Å². The van der Waals surface area contributed by atoms with Crippen LogP contribution in [0.15, 0.2) is 4.42 Å². The lowest BCUT2D eigenvalue weighted by Crippen LogP contribution is -2.25. The molecule has 13 heavy (non-hydrogen) atoms. The highest BCUT2D eigenvalue weighted by atomic mass is 16.4. The predicted octanol–water partition coefficient (Wildman–Crippen LogP) is 0.848. The minimum atomic E-state index is -1.000.